The molecule has 38 heavy (non-hydrogen) atoms. The van der Waals surface area contributed by atoms with Crippen molar-refractivity contribution in [2.75, 3.05) is 13.2 Å². The van der Waals surface area contributed by atoms with E-state index in [4.69, 9.17) is 4.74 Å². The van der Waals surface area contributed by atoms with Crippen molar-refractivity contribution in [3.8, 4) is 5.75 Å². The van der Waals surface area contributed by atoms with E-state index in [2.05, 4.69) is 51.0 Å². The second-order valence-electron chi connectivity index (χ2n) is 10.1. The normalized spacial score (nSPS) is 11.9. The molecule has 3 rings (SSSR count). The van der Waals surface area contributed by atoms with Crippen molar-refractivity contribution < 1.29 is 14.3 Å². The molecule has 3 aromatic carbocycles. The van der Waals surface area contributed by atoms with Crippen molar-refractivity contribution in [2.24, 2.45) is 5.92 Å². The smallest absolute Gasteiger partial charge is 0.261 e. The molecular formula is C31H36Br2N2O3. The van der Waals surface area contributed by atoms with E-state index < -0.39 is 6.04 Å². The van der Waals surface area contributed by atoms with Crippen LogP contribution in [0, 0.1) is 5.92 Å². The van der Waals surface area contributed by atoms with Gasteiger partial charge in [0.1, 0.15) is 11.8 Å². The summed E-state index contributed by atoms with van der Waals surface area (Å²) >= 11 is 7.05. The fourth-order valence-corrected chi connectivity index (χ4v) is 4.75. The van der Waals surface area contributed by atoms with E-state index in [1.807, 2.05) is 86.6 Å². The molecule has 0 saturated carbocycles. The van der Waals surface area contributed by atoms with Gasteiger partial charge in [-0.05, 0) is 68.7 Å². The van der Waals surface area contributed by atoms with E-state index >= 15 is 0 Å². The predicted molar refractivity (Wildman–Crippen MR) is 160 cm³/mol. The van der Waals surface area contributed by atoms with Crippen molar-refractivity contribution >= 4 is 43.7 Å². The number of hydrogen-bond acceptors (Lipinski definition) is 3. The number of nitrogens with zero attached hydrogens (tertiary/aromatic N) is 1. The van der Waals surface area contributed by atoms with Crippen LogP contribution in [0.2, 0.25) is 0 Å². The third-order valence-corrected chi connectivity index (χ3v) is 7.34. The lowest BCUT2D eigenvalue weighted by molar-refractivity contribution is -0.142. The van der Waals surface area contributed by atoms with Crippen LogP contribution >= 0.6 is 31.9 Å². The summed E-state index contributed by atoms with van der Waals surface area (Å²) in [7, 11) is 0. The Morgan fingerprint density at radius 3 is 2.18 bits per heavy atom. The number of carbonyl (C=O) groups excluding carboxylic acids is 2. The summed E-state index contributed by atoms with van der Waals surface area (Å²) in [4.78, 5) is 28.9. The molecule has 0 radical (unpaired) electrons. The first-order valence-electron chi connectivity index (χ1n) is 12.9. The second kappa shape index (κ2) is 14.5. The third kappa shape index (κ3) is 8.98. The van der Waals surface area contributed by atoms with Crippen molar-refractivity contribution in [3.05, 3.63) is 98.4 Å². The highest BCUT2D eigenvalue weighted by molar-refractivity contribution is 9.10. The van der Waals surface area contributed by atoms with Gasteiger partial charge in [0.05, 0.1) is 4.47 Å². The topological polar surface area (TPSA) is 58.6 Å². The minimum atomic E-state index is -0.692. The van der Waals surface area contributed by atoms with Gasteiger partial charge in [0, 0.05) is 24.0 Å². The Hall–Kier alpha value is -2.64. The molecule has 0 aromatic heterocycles. The molecule has 7 heteroatoms. The summed E-state index contributed by atoms with van der Waals surface area (Å²) in [6.45, 7) is 9.00. The van der Waals surface area contributed by atoms with Gasteiger partial charge in [0.25, 0.3) is 5.91 Å². The SMILES string of the molecule is CC(C)CNC(=O)[C@H](Cc1ccccc1)N(Cc1ccc(Br)cc1)C(=O)COc1ccc(C(C)C)cc1Br. The maximum Gasteiger partial charge on any atom is 0.261 e. The summed E-state index contributed by atoms with van der Waals surface area (Å²) in [5, 5.41) is 3.04. The quantitative estimate of drug-likeness (QED) is 0.229. The van der Waals surface area contributed by atoms with Gasteiger partial charge in [0.2, 0.25) is 5.91 Å². The number of nitrogens with one attached hydrogen (secondary N) is 1. The van der Waals surface area contributed by atoms with Gasteiger partial charge in [-0.1, -0.05) is 92.2 Å². The molecule has 202 valence electrons. The molecule has 0 bridgehead atoms. The lowest BCUT2D eigenvalue weighted by Crippen LogP contribution is -2.52. The largest absolute Gasteiger partial charge is 0.483 e. The zero-order chi connectivity index (χ0) is 27.7. The Morgan fingerprint density at radius 2 is 1.58 bits per heavy atom. The van der Waals surface area contributed by atoms with Gasteiger partial charge in [0.15, 0.2) is 6.61 Å². The van der Waals surface area contributed by atoms with Crippen molar-refractivity contribution in [1.29, 1.82) is 0 Å². The van der Waals surface area contributed by atoms with Gasteiger partial charge < -0.3 is 15.0 Å². The highest BCUT2D eigenvalue weighted by Gasteiger charge is 2.31. The highest BCUT2D eigenvalue weighted by atomic mass is 79.9. The van der Waals surface area contributed by atoms with Gasteiger partial charge in [-0.25, -0.2) is 0 Å². The number of rotatable bonds is 12. The van der Waals surface area contributed by atoms with Crippen LogP contribution in [0.5, 0.6) is 5.75 Å². The minimum Gasteiger partial charge on any atom is -0.483 e. The van der Waals surface area contributed by atoms with E-state index in [1.165, 1.54) is 5.56 Å². The molecule has 1 N–H and O–H groups in total. The molecule has 5 nitrogen and oxygen atoms in total. The number of carbonyl (C=O) groups is 2. The number of amides is 2. The lowest BCUT2D eigenvalue weighted by atomic mass is 10.0. The van der Waals surface area contributed by atoms with Crippen LogP contribution in [-0.4, -0.2) is 35.9 Å². The monoisotopic (exact) mass is 642 g/mol. The average molecular weight is 644 g/mol. The first-order valence-corrected chi connectivity index (χ1v) is 14.5. The Bertz CT molecular complexity index is 1200. The Balaban J connectivity index is 1.89. The highest BCUT2D eigenvalue weighted by Crippen LogP contribution is 2.29. The lowest BCUT2D eigenvalue weighted by Gasteiger charge is -2.31. The molecule has 0 aliphatic carbocycles. The number of ether oxygens (including phenoxy) is 1. The molecule has 0 aliphatic rings. The van der Waals surface area contributed by atoms with Crippen LogP contribution in [0.3, 0.4) is 0 Å². The van der Waals surface area contributed by atoms with Crippen LogP contribution in [-0.2, 0) is 22.6 Å². The molecule has 0 unspecified atom stereocenters. The Kier molecular flexibility index (Phi) is 11.4. The molecule has 0 fully saturated rings. The molecular weight excluding hydrogens is 608 g/mol. The third-order valence-electron chi connectivity index (χ3n) is 6.20. The summed E-state index contributed by atoms with van der Waals surface area (Å²) in [6.07, 6.45) is 0.403. The molecule has 0 spiro atoms. The first-order chi connectivity index (χ1) is 18.1. The summed E-state index contributed by atoms with van der Waals surface area (Å²) in [6, 6.07) is 22.8. The van der Waals surface area contributed by atoms with E-state index in [1.54, 1.807) is 4.90 Å². The van der Waals surface area contributed by atoms with Crippen LogP contribution < -0.4 is 10.1 Å². The van der Waals surface area contributed by atoms with Crippen molar-refractivity contribution in [3.63, 3.8) is 0 Å². The van der Waals surface area contributed by atoms with Crippen LogP contribution in [0.25, 0.3) is 0 Å². The number of halogens is 2. The van der Waals surface area contributed by atoms with Gasteiger partial charge >= 0.3 is 0 Å². The second-order valence-corrected chi connectivity index (χ2v) is 11.9. The first kappa shape index (κ1) is 29.9. The predicted octanol–water partition coefficient (Wildman–Crippen LogP) is 7.13. The summed E-state index contributed by atoms with van der Waals surface area (Å²) < 4.78 is 7.72. The average Bonchev–Trinajstić information content (AvgIpc) is 2.90. The molecule has 3 aromatic rings. The standard InChI is InChI=1S/C31H36Br2N2O3/c1-21(2)18-34-31(37)28(16-23-8-6-5-7-9-23)35(19-24-10-13-26(32)14-11-24)30(36)20-38-29-15-12-25(22(3)4)17-27(29)33/h5-15,17,21-22,28H,16,18-20H2,1-4H3,(H,34,37)/t28-/m0/s1. The molecule has 2 amide bonds. The van der Waals surface area contributed by atoms with E-state index in [9.17, 15) is 9.59 Å². The van der Waals surface area contributed by atoms with E-state index in [0.717, 1.165) is 20.1 Å². The molecule has 0 aliphatic heterocycles. The Morgan fingerprint density at radius 1 is 0.895 bits per heavy atom. The molecule has 0 saturated heterocycles. The van der Waals surface area contributed by atoms with Gasteiger partial charge in [-0.3, -0.25) is 9.59 Å². The number of hydrogen-bond donors (Lipinski definition) is 1. The molecule has 1 atom stereocenters. The summed E-state index contributed by atoms with van der Waals surface area (Å²) in [5.41, 5.74) is 3.09. The van der Waals surface area contributed by atoms with Crippen molar-refractivity contribution in [1.82, 2.24) is 10.2 Å². The number of benzene rings is 3. The molecule has 0 heterocycles. The Labute approximate surface area is 243 Å². The van der Waals surface area contributed by atoms with E-state index in [-0.39, 0.29) is 25.0 Å². The fourth-order valence-electron chi connectivity index (χ4n) is 3.98. The van der Waals surface area contributed by atoms with Gasteiger partial charge in [-0.15, -0.1) is 0 Å². The van der Waals surface area contributed by atoms with Crippen LogP contribution in [0.15, 0.2) is 81.7 Å². The fraction of sp³-hybridized carbons (Fsp3) is 0.355. The zero-order valence-corrected chi connectivity index (χ0v) is 25.6. The summed E-state index contributed by atoms with van der Waals surface area (Å²) in [5.74, 6) is 0.840. The van der Waals surface area contributed by atoms with Crippen LogP contribution in [0.1, 0.15) is 50.3 Å². The van der Waals surface area contributed by atoms with Gasteiger partial charge in [-0.2, -0.15) is 0 Å². The van der Waals surface area contributed by atoms with Crippen LogP contribution in [0.4, 0.5) is 0 Å². The minimum absolute atomic E-state index is 0.171. The maximum absolute atomic E-state index is 13.7. The zero-order valence-electron chi connectivity index (χ0n) is 22.4. The van der Waals surface area contributed by atoms with Crippen molar-refractivity contribution in [2.45, 2.75) is 52.6 Å². The maximum atomic E-state index is 13.7. The van der Waals surface area contributed by atoms with E-state index in [0.29, 0.717) is 30.6 Å².